The minimum atomic E-state index is -3.61. The summed E-state index contributed by atoms with van der Waals surface area (Å²) in [5.41, 5.74) is 2.41. The standard InChI is InChI=1S/C24H27N3O3S/c25-18-21-14-12-20(13-15-21)8-4-6-16-27-17-7-5-11-23(24(27)28)26-31(29,30)19-22-9-2-1-3-10-22/h1-4,6,9-10,12-15,23,26H,5,7-8,11,16-17,19H2/t23-/m0/s1. The lowest BCUT2D eigenvalue weighted by molar-refractivity contribution is -0.131. The van der Waals surface area contributed by atoms with E-state index in [4.69, 9.17) is 5.26 Å². The highest BCUT2D eigenvalue weighted by Gasteiger charge is 2.29. The highest BCUT2D eigenvalue weighted by Crippen LogP contribution is 2.15. The number of nitrogens with zero attached hydrogens (tertiary/aromatic N) is 2. The van der Waals surface area contributed by atoms with Crippen LogP contribution in [0.2, 0.25) is 0 Å². The van der Waals surface area contributed by atoms with Crippen molar-refractivity contribution in [3.63, 3.8) is 0 Å². The summed E-state index contributed by atoms with van der Waals surface area (Å²) in [7, 11) is -3.61. The van der Waals surface area contributed by atoms with Crippen LogP contribution in [0.5, 0.6) is 0 Å². The molecule has 2 aromatic rings. The number of benzene rings is 2. The summed E-state index contributed by atoms with van der Waals surface area (Å²) in [4.78, 5) is 14.7. The highest BCUT2D eigenvalue weighted by molar-refractivity contribution is 7.88. The number of sulfonamides is 1. The maximum Gasteiger partial charge on any atom is 0.241 e. The van der Waals surface area contributed by atoms with E-state index in [1.165, 1.54) is 0 Å². The zero-order chi connectivity index (χ0) is 22.1. The Morgan fingerprint density at radius 3 is 2.48 bits per heavy atom. The average Bonchev–Trinajstić information content (AvgIpc) is 2.93. The Kier molecular flexibility index (Phi) is 7.99. The van der Waals surface area contributed by atoms with Crippen LogP contribution in [0.4, 0.5) is 0 Å². The van der Waals surface area contributed by atoms with Gasteiger partial charge in [0.15, 0.2) is 0 Å². The molecule has 1 amide bonds. The van der Waals surface area contributed by atoms with Gasteiger partial charge in [0.2, 0.25) is 15.9 Å². The smallest absolute Gasteiger partial charge is 0.241 e. The summed E-state index contributed by atoms with van der Waals surface area (Å²) >= 11 is 0. The zero-order valence-corrected chi connectivity index (χ0v) is 18.2. The van der Waals surface area contributed by atoms with Crippen LogP contribution >= 0.6 is 0 Å². The molecule has 0 unspecified atom stereocenters. The first-order chi connectivity index (χ1) is 15.0. The lowest BCUT2D eigenvalue weighted by atomic mass is 10.1. The first-order valence-corrected chi connectivity index (χ1v) is 12.1. The molecule has 0 bridgehead atoms. The molecule has 31 heavy (non-hydrogen) atoms. The van der Waals surface area contributed by atoms with Crippen molar-refractivity contribution in [1.29, 1.82) is 5.26 Å². The lowest BCUT2D eigenvalue weighted by Gasteiger charge is -2.23. The van der Waals surface area contributed by atoms with Gasteiger partial charge in [-0.05, 0) is 48.9 Å². The van der Waals surface area contributed by atoms with Crippen molar-refractivity contribution >= 4 is 15.9 Å². The number of hydrogen-bond acceptors (Lipinski definition) is 4. The topological polar surface area (TPSA) is 90.3 Å². The second kappa shape index (κ2) is 10.9. The normalized spacial score (nSPS) is 17.5. The molecule has 6 nitrogen and oxygen atoms in total. The number of nitriles is 1. The van der Waals surface area contributed by atoms with Crippen LogP contribution in [0.15, 0.2) is 66.7 Å². The van der Waals surface area contributed by atoms with Crippen molar-refractivity contribution in [3.8, 4) is 6.07 Å². The van der Waals surface area contributed by atoms with Gasteiger partial charge in [0.05, 0.1) is 17.4 Å². The quantitative estimate of drug-likeness (QED) is 0.643. The predicted octanol–water partition coefficient (Wildman–Crippen LogP) is 3.16. The molecule has 1 aliphatic rings. The van der Waals surface area contributed by atoms with E-state index in [9.17, 15) is 13.2 Å². The van der Waals surface area contributed by atoms with Crippen LogP contribution in [0.25, 0.3) is 0 Å². The number of carbonyl (C=O) groups excluding carboxylic acids is 1. The molecule has 0 aromatic heterocycles. The van der Waals surface area contributed by atoms with Crippen molar-refractivity contribution in [1.82, 2.24) is 9.62 Å². The highest BCUT2D eigenvalue weighted by atomic mass is 32.2. The molecule has 0 spiro atoms. The molecule has 0 aliphatic carbocycles. The van der Waals surface area contributed by atoms with Gasteiger partial charge in [0.25, 0.3) is 0 Å². The van der Waals surface area contributed by atoms with Crippen LogP contribution in [-0.4, -0.2) is 38.4 Å². The Morgan fingerprint density at radius 1 is 1.03 bits per heavy atom. The van der Waals surface area contributed by atoms with Crippen LogP contribution in [-0.2, 0) is 27.0 Å². The van der Waals surface area contributed by atoms with Gasteiger partial charge in [0.1, 0.15) is 6.04 Å². The molecule has 1 N–H and O–H groups in total. The van der Waals surface area contributed by atoms with Gasteiger partial charge in [-0.25, -0.2) is 13.1 Å². The van der Waals surface area contributed by atoms with E-state index in [1.54, 1.807) is 41.3 Å². The number of carbonyl (C=O) groups is 1. The molecule has 0 saturated carbocycles. The molecule has 7 heteroatoms. The molecule has 0 radical (unpaired) electrons. The van der Waals surface area contributed by atoms with Gasteiger partial charge in [-0.2, -0.15) is 5.26 Å². The van der Waals surface area contributed by atoms with Crippen molar-refractivity contribution < 1.29 is 13.2 Å². The minimum Gasteiger partial charge on any atom is -0.338 e. The summed E-state index contributed by atoms with van der Waals surface area (Å²) in [5, 5.41) is 8.86. The molecule has 162 valence electrons. The number of likely N-dealkylation sites (tertiary alicyclic amines) is 1. The molecule has 1 fully saturated rings. The number of amides is 1. The van der Waals surface area contributed by atoms with Gasteiger partial charge in [-0.1, -0.05) is 54.6 Å². The fourth-order valence-corrected chi connectivity index (χ4v) is 4.95. The second-order valence-corrected chi connectivity index (χ2v) is 9.43. The Labute approximate surface area is 184 Å². The van der Waals surface area contributed by atoms with Gasteiger partial charge in [-0.3, -0.25) is 4.79 Å². The second-order valence-electron chi connectivity index (χ2n) is 7.68. The maximum absolute atomic E-state index is 12.9. The predicted molar refractivity (Wildman–Crippen MR) is 120 cm³/mol. The van der Waals surface area contributed by atoms with Crippen LogP contribution in [0.1, 0.15) is 36.0 Å². The number of hydrogen-bond donors (Lipinski definition) is 1. The third kappa shape index (κ3) is 7.06. The summed E-state index contributed by atoms with van der Waals surface area (Å²) in [6.07, 6.45) is 6.81. The van der Waals surface area contributed by atoms with E-state index in [-0.39, 0.29) is 11.7 Å². The molecule has 1 saturated heterocycles. The monoisotopic (exact) mass is 437 g/mol. The summed E-state index contributed by atoms with van der Waals surface area (Å²) < 4.78 is 27.8. The van der Waals surface area contributed by atoms with E-state index >= 15 is 0 Å². The van der Waals surface area contributed by atoms with E-state index in [0.717, 1.165) is 18.4 Å². The zero-order valence-electron chi connectivity index (χ0n) is 17.4. The Morgan fingerprint density at radius 2 is 1.77 bits per heavy atom. The van der Waals surface area contributed by atoms with E-state index in [1.807, 2.05) is 30.4 Å². The van der Waals surface area contributed by atoms with Crippen molar-refractivity contribution in [2.75, 3.05) is 13.1 Å². The first-order valence-electron chi connectivity index (χ1n) is 10.4. The van der Waals surface area contributed by atoms with E-state index < -0.39 is 16.1 Å². The van der Waals surface area contributed by atoms with Gasteiger partial charge in [-0.15, -0.1) is 0 Å². The van der Waals surface area contributed by atoms with E-state index in [0.29, 0.717) is 37.1 Å². The number of rotatable bonds is 8. The molecule has 1 atom stereocenters. The Bertz CT molecular complexity index is 1040. The average molecular weight is 438 g/mol. The molecule has 3 rings (SSSR count). The molecule has 1 aliphatic heterocycles. The minimum absolute atomic E-state index is 0.137. The SMILES string of the molecule is N#Cc1ccc(CC=CCN2CCCC[C@H](NS(=O)(=O)Cc3ccccc3)C2=O)cc1. The molecular formula is C24H27N3O3S. The number of allylic oxidation sites excluding steroid dienone is 1. The van der Waals surface area contributed by atoms with Gasteiger partial charge in [0, 0.05) is 13.1 Å². The fraction of sp³-hybridized carbons (Fsp3) is 0.333. The lowest BCUT2D eigenvalue weighted by Crippen LogP contribution is -2.47. The number of nitrogens with one attached hydrogen (secondary N) is 1. The van der Waals surface area contributed by atoms with Crippen molar-refractivity contribution in [2.45, 2.75) is 37.5 Å². The first kappa shape index (κ1) is 22.7. The third-order valence-electron chi connectivity index (χ3n) is 5.23. The third-order valence-corrected chi connectivity index (χ3v) is 6.59. The summed E-state index contributed by atoms with van der Waals surface area (Å²) in [5.74, 6) is -0.306. The van der Waals surface area contributed by atoms with Crippen LogP contribution in [0.3, 0.4) is 0 Å². The molecule has 2 aromatic carbocycles. The largest absolute Gasteiger partial charge is 0.338 e. The summed E-state index contributed by atoms with van der Waals surface area (Å²) in [6, 6.07) is 17.7. The Hall–Kier alpha value is -2.95. The van der Waals surface area contributed by atoms with Gasteiger partial charge < -0.3 is 4.90 Å². The Balaban J connectivity index is 1.56. The fourth-order valence-electron chi connectivity index (χ4n) is 3.58. The van der Waals surface area contributed by atoms with Gasteiger partial charge >= 0.3 is 0 Å². The molecular weight excluding hydrogens is 410 g/mol. The van der Waals surface area contributed by atoms with Crippen LogP contribution < -0.4 is 4.72 Å². The van der Waals surface area contributed by atoms with Crippen LogP contribution in [0, 0.1) is 11.3 Å². The van der Waals surface area contributed by atoms with Crippen molar-refractivity contribution in [3.05, 3.63) is 83.4 Å². The van der Waals surface area contributed by atoms with Crippen molar-refractivity contribution in [2.24, 2.45) is 0 Å². The maximum atomic E-state index is 12.9. The summed E-state index contributed by atoms with van der Waals surface area (Å²) in [6.45, 7) is 1.07. The molecule has 1 heterocycles. The van der Waals surface area contributed by atoms with E-state index in [2.05, 4.69) is 10.8 Å².